The Labute approximate surface area is 154 Å². The lowest BCUT2D eigenvalue weighted by atomic mass is 10.1. The number of amides is 1. The number of hydrogen-bond acceptors (Lipinski definition) is 4. The van der Waals surface area contributed by atoms with Crippen molar-refractivity contribution in [3.63, 3.8) is 0 Å². The van der Waals surface area contributed by atoms with Gasteiger partial charge in [-0.1, -0.05) is 6.42 Å². The molecule has 0 atom stereocenters. The van der Waals surface area contributed by atoms with E-state index in [0.29, 0.717) is 12.2 Å². The van der Waals surface area contributed by atoms with Gasteiger partial charge < -0.3 is 10.2 Å². The molecule has 1 aromatic heterocycles. The largest absolute Gasteiger partial charge is 0.353 e. The van der Waals surface area contributed by atoms with Gasteiger partial charge in [-0.3, -0.25) is 14.2 Å². The molecule has 3 rings (SSSR count). The first kappa shape index (κ1) is 18.6. The highest BCUT2D eigenvalue weighted by molar-refractivity contribution is 5.81. The summed E-state index contributed by atoms with van der Waals surface area (Å²) in [4.78, 5) is 31.7. The predicted octanol–water partition coefficient (Wildman–Crippen LogP) is 1.92. The van der Waals surface area contributed by atoms with E-state index in [-0.39, 0.29) is 18.0 Å². The highest BCUT2D eigenvalue weighted by Crippen LogP contribution is 2.17. The van der Waals surface area contributed by atoms with E-state index in [0.717, 1.165) is 41.8 Å². The second-order valence-electron chi connectivity index (χ2n) is 7.27. The van der Waals surface area contributed by atoms with Crippen molar-refractivity contribution in [2.75, 3.05) is 26.2 Å². The fourth-order valence-electron chi connectivity index (χ4n) is 3.52. The summed E-state index contributed by atoms with van der Waals surface area (Å²) in [6, 6.07) is 3.92. The maximum Gasteiger partial charge on any atom is 0.272 e. The van der Waals surface area contributed by atoms with Crippen LogP contribution in [0.5, 0.6) is 0 Å². The molecule has 26 heavy (non-hydrogen) atoms. The molecule has 140 valence electrons. The minimum absolute atomic E-state index is 0.0290. The maximum atomic E-state index is 12.5. The summed E-state index contributed by atoms with van der Waals surface area (Å²) in [5.74, 6) is -0.130. The van der Waals surface area contributed by atoms with Gasteiger partial charge in [0.05, 0.1) is 11.0 Å². The van der Waals surface area contributed by atoms with E-state index >= 15 is 0 Å². The molecule has 1 aromatic carbocycles. The van der Waals surface area contributed by atoms with E-state index in [9.17, 15) is 9.59 Å². The van der Waals surface area contributed by atoms with Gasteiger partial charge in [-0.25, -0.2) is 4.98 Å². The van der Waals surface area contributed by atoms with Crippen molar-refractivity contribution in [1.82, 2.24) is 19.8 Å². The number of nitrogens with one attached hydrogen (secondary N) is 1. The molecule has 1 amide bonds. The molecule has 2 aromatic rings. The topological polar surface area (TPSA) is 67.2 Å². The van der Waals surface area contributed by atoms with Crippen molar-refractivity contribution < 1.29 is 4.79 Å². The number of aromatic nitrogens is 2. The molecule has 0 spiro atoms. The molecule has 0 unspecified atom stereocenters. The van der Waals surface area contributed by atoms with Crippen molar-refractivity contribution in [2.45, 2.75) is 46.6 Å². The third kappa shape index (κ3) is 4.12. The maximum absolute atomic E-state index is 12.5. The van der Waals surface area contributed by atoms with Gasteiger partial charge in [-0.2, -0.15) is 0 Å². The number of nitrogens with zero attached hydrogens (tertiary/aromatic N) is 3. The van der Waals surface area contributed by atoms with Crippen LogP contribution < -0.4 is 10.9 Å². The first-order chi connectivity index (χ1) is 12.5. The van der Waals surface area contributed by atoms with Crippen LogP contribution in [0.1, 0.15) is 36.1 Å². The molecule has 0 bridgehead atoms. The molecule has 0 saturated carbocycles. The summed E-state index contributed by atoms with van der Waals surface area (Å²) in [5, 5.41) is 2.96. The van der Waals surface area contributed by atoms with Crippen LogP contribution in [-0.4, -0.2) is 46.5 Å². The van der Waals surface area contributed by atoms with Crippen molar-refractivity contribution in [3.8, 4) is 0 Å². The molecule has 0 radical (unpaired) electrons. The van der Waals surface area contributed by atoms with Crippen LogP contribution in [0.25, 0.3) is 11.0 Å². The molecular weight excluding hydrogens is 328 g/mol. The predicted molar refractivity (Wildman–Crippen MR) is 104 cm³/mol. The SMILES string of the molecule is Cc1cc2nc(C)c(=O)n(CC(=O)NCCN3CCCCC3)c2cc1C. The number of piperidine rings is 1. The summed E-state index contributed by atoms with van der Waals surface area (Å²) >= 11 is 0. The van der Waals surface area contributed by atoms with Gasteiger partial charge in [0.25, 0.3) is 5.56 Å². The highest BCUT2D eigenvalue weighted by atomic mass is 16.2. The number of fused-ring (bicyclic) bond motifs is 1. The standard InChI is InChI=1S/C20H28N4O2/c1-14-11-17-18(12-15(14)2)24(20(26)16(3)22-17)13-19(25)21-7-10-23-8-5-4-6-9-23/h11-12H,4-10,13H2,1-3H3,(H,21,25). The summed E-state index contributed by atoms with van der Waals surface area (Å²) < 4.78 is 1.54. The second-order valence-corrected chi connectivity index (χ2v) is 7.27. The highest BCUT2D eigenvalue weighted by Gasteiger charge is 2.14. The quantitative estimate of drug-likeness (QED) is 0.889. The number of rotatable bonds is 5. The molecule has 6 heteroatoms. The first-order valence-electron chi connectivity index (χ1n) is 9.43. The molecule has 1 aliphatic rings. The Hall–Kier alpha value is -2.21. The van der Waals surface area contributed by atoms with Crippen LogP contribution in [-0.2, 0) is 11.3 Å². The molecule has 1 aliphatic heterocycles. The number of aryl methyl sites for hydroxylation is 3. The van der Waals surface area contributed by atoms with Gasteiger partial charge >= 0.3 is 0 Å². The Morgan fingerprint density at radius 1 is 1.12 bits per heavy atom. The zero-order valence-electron chi connectivity index (χ0n) is 16.0. The van der Waals surface area contributed by atoms with Crippen LogP contribution in [0, 0.1) is 20.8 Å². The van der Waals surface area contributed by atoms with Crippen LogP contribution in [0.2, 0.25) is 0 Å². The lowest BCUT2D eigenvalue weighted by Gasteiger charge is -2.26. The Morgan fingerprint density at radius 3 is 2.54 bits per heavy atom. The van der Waals surface area contributed by atoms with E-state index in [1.54, 1.807) is 11.5 Å². The summed E-state index contributed by atoms with van der Waals surface area (Å²) in [6.07, 6.45) is 3.79. The van der Waals surface area contributed by atoms with E-state index in [2.05, 4.69) is 15.2 Å². The smallest absolute Gasteiger partial charge is 0.272 e. The minimum atomic E-state index is -0.202. The number of carbonyl (C=O) groups excluding carboxylic acids is 1. The zero-order valence-corrected chi connectivity index (χ0v) is 16.0. The number of hydrogen-bond donors (Lipinski definition) is 1. The summed E-state index contributed by atoms with van der Waals surface area (Å²) in [7, 11) is 0. The number of benzene rings is 1. The average molecular weight is 356 g/mol. The summed E-state index contributed by atoms with van der Waals surface area (Å²) in [5.41, 5.74) is 3.90. The second kappa shape index (κ2) is 7.99. The fraction of sp³-hybridized carbons (Fsp3) is 0.550. The Balaban J connectivity index is 1.72. The van der Waals surface area contributed by atoms with E-state index in [4.69, 9.17) is 0 Å². The Kier molecular flexibility index (Phi) is 5.71. The third-order valence-electron chi connectivity index (χ3n) is 5.23. The Morgan fingerprint density at radius 2 is 1.81 bits per heavy atom. The van der Waals surface area contributed by atoms with Gasteiger partial charge in [0.15, 0.2) is 0 Å². The molecule has 1 fully saturated rings. The van der Waals surface area contributed by atoms with Gasteiger partial charge in [0.1, 0.15) is 12.2 Å². The van der Waals surface area contributed by atoms with Crippen molar-refractivity contribution in [3.05, 3.63) is 39.3 Å². The van der Waals surface area contributed by atoms with Crippen molar-refractivity contribution >= 4 is 16.9 Å². The molecule has 1 N–H and O–H groups in total. The van der Waals surface area contributed by atoms with Gasteiger partial charge in [-0.05, 0) is 70.0 Å². The van der Waals surface area contributed by atoms with Gasteiger partial charge in [-0.15, -0.1) is 0 Å². The monoisotopic (exact) mass is 356 g/mol. The average Bonchev–Trinajstić information content (AvgIpc) is 2.62. The van der Waals surface area contributed by atoms with Crippen molar-refractivity contribution in [2.24, 2.45) is 0 Å². The van der Waals surface area contributed by atoms with Gasteiger partial charge in [0, 0.05) is 13.1 Å². The lowest BCUT2D eigenvalue weighted by molar-refractivity contribution is -0.121. The lowest BCUT2D eigenvalue weighted by Crippen LogP contribution is -2.39. The molecule has 0 aliphatic carbocycles. The van der Waals surface area contributed by atoms with E-state index < -0.39 is 0 Å². The van der Waals surface area contributed by atoms with E-state index in [1.807, 2.05) is 26.0 Å². The van der Waals surface area contributed by atoms with E-state index in [1.165, 1.54) is 19.3 Å². The third-order valence-corrected chi connectivity index (χ3v) is 5.23. The summed E-state index contributed by atoms with van der Waals surface area (Å²) in [6.45, 7) is 9.46. The van der Waals surface area contributed by atoms with Crippen molar-refractivity contribution in [1.29, 1.82) is 0 Å². The molecular formula is C20H28N4O2. The van der Waals surface area contributed by atoms with Gasteiger partial charge in [0.2, 0.25) is 5.91 Å². The zero-order chi connectivity index (χ0) is 18.7. The fourth-order valence-corrected chi connectivity index (χ4v) is 3.52. The van der Waals surface area contributed by atoms with Crippen LogP contribution in [0.3, 0.4) is 0 Å². The number of carbonyl (C=O) groups is 1. The Bertz CT molecular complexity index is 866. The minimum Gasteiger partial charge on any atom is -0.353 e. The van der Waals surface area contributed by atoms with Crippen LogP contribution >= 0.6 is 0 Å². The first-order valence-corrected chi connectivity index (χ1v) is 9.43. The number of likely N-dealkylation sites (tertiary alicyclic amines) is 1. The van der Waals surface area contributed by atoms with Crippen LogP contribution in [0.15, 0.2) is 16.9 Å². The molecule has 2 heterocycles. The van der Waals surface area contributed by atoms with Crippen LogP contribution in [0.4, 0.5) is 0 Å². The molecule has 1 saturated heterocycles. The molecule has 6 nitrogen and oxygen atoms in total. The normalized spacial score (nSPS) is 15.3.